The van der Waals surface area contributed by atoms with Crippen molar-refractivity contribution >= 4 is 29.0 Å². The standard InChI is InChI=1S/C27H38N6O6/c1-3-15-32-24-22(25(37)33(16-4-2)27(32)38)30-26(31-24)29-20(23(28)36)10-8-6-5-7-9-18-11-13-19(14-12-18)39-17-21(34)35/h11-14,20H,3-10,15-17H2,1-2H3,(H2,28,36)(H,34,35)(H2,29,30,31). The zero-order valence-electron chi connectivity index (χ0n) is 22.6. The van der Waals surface area contributed by atoms with Crippen LogP contribution < -0.4 is 27.0 Å². The number of carboxylic acids is 1. The summed E-state index contributed by atoms with van der Waals surface area (Å²) in [6.07, 6.45) is 6.33. The van der Waals surface area contributed by atoms with E-state index in [2.05, 4.69) is 15.3 Å². The van der Waals surface area contributed by atoms with Crippen molar-refractivity contribution in [2.24, 2.45) is 5.73 Å². The lowest BCUT2D eigenvalue weighted by Gasteiger charge is -2.14. The third-order valence-corrected chi connectivity index (χ3v) is 6.40. The summed E-state index contributed by atoms with van der Waals surface area (Å²) in [5.41, 5.74) is 6.45. The van der Waals surface area contributed by atoms with Crippen LogP contribution in [0.2, 0.25) is 0 Å². The largest absolute Gasteiger partial charge is 0.482 e. The Bertz CT molecular complexity index is 1370. The third-order valence-electron chi connectivity index (χ3n) is 6.40. The third kappa shape index (κ3) is 7.95. The highest BCUT2D eigenvalue weighted by atomic mass is 16.5. The lowest BCUT2D eigenvalue weighted by molar-refractivity contribution is -0.139. The molecule has 3 rings (SSSR count). The number of imidazole rings is 1. The van der Waals surface area contributed by atoms with Gasteiger partial charge < -0.3 is 25.9 Å². The van der Waals surface area contributed by atoms with E-state index in [4.69, 9.17) is 15.6 Å². The zero-order chi connectivity index (χ0) is 28.4. The molecule has 1 unspecified atom stereocenters. The first-order valence-electron chi connectivity index (χ1n) is 13.5. The fourth-order valence-corrected chi connectivity index (χ4v) is 4.46. The van der Waals surface area contributed by atoms with Crippen LogP contribution in [0.1, 0.15) is 64.4 Å². The van der Waals surface area contributed by atoms with Gasteiger partial charge in [0.15, 0.2) is 17.8 Å². The van der Waals surface area contributed by atoms with Gasteiger partial charge in [-0.1, -0.05) is 45.2 Å². The van der Waals surface area contributed by atoms with Gasteiger partial charge in [-0.3, -0.25) is 18.7 Å². The van der Waals surface area contributed by atoms with Gasteiger partial charge >= 0.3 is 11.7 Å². The smallest absolute Gasteiger partial charge is 0.341 e. The van der Waals surface area contributed by atoms with E-state index in [1.165, 1.54) is 9.13 Å². The molecule has 0 radical (unpaired) electrons. The monoisotopic (exact) mass is 542 g/mol. The van der Waals surface area contributed by atoms with Crippen molar-refractivity contribution in [2.45, 2.75) is 84.3 Å². The topological polar surface area (TPSA) is 174 Å². The van der Waals surface area contributed by atoms with Crippen molar-refractivity contribution < 1.29 is 19.4 Å². The molecule has 2 aromatic heterocycles. The molecule has 5 N–H and O–H groups in total. The first-order chi connectivity index (χ1) is 18.7. The number of anilines is 1. The van der Waals surface area contributed by atoms with Gasteiger partial charge in [0.25, 0.3) is 5.56 Å². The van der Waals surface area contributed by atoms with Crippen LogP contribution in [0.4, 0.5) is 5.95 Å². The van der Waals surface area contributed by atoms with Crippen LogP contribution in [0.25, 0.3) is 11.2 Å². The predicted molar refractivity (Wildman–Crippen MR) is 148 cm³/mol. The van der Waals surface area contributed by atoms with E-state index < -0.39 is 23.5 Å². The Morgan fingerprint density at radius 2 is 1.72 bits per heavy atom. The second kappa shape index (κ2) is 14.2. The molecule has 12 heteroatoms. The van der Waals surface area contributed by atoms with Gasteiger partial charge in [-0.2, -0.15) is 4.98 Å². The predicted octanol–water partition coefficient (Wildman–Crippen LogP) is 2.63. The molecule has 3 aromatic rings. The molecule has 1 aromatic carbocycles. The summed E-state index contributed by atoms with van der Waals surface area (Å²) >= 11 is 0. The Labute approximate surface area is 226 Å². The van der Waals surface area contributed by atoms with Gasteiger partial charge in [0.05, 0.1) is 0 Å². The van der Waals surface area contributed by atoms with Crippen LogP contribution >= 0.6 is 0 Å². The number of hydrogen-bond donors (Lipinski definition) is 4. The Morgan fingerprint density at radius 1 is 1.05 bits per heavy atom. The first kappa shape index (κ1) is 29.5. The number of carboxylic acid groups (broad SMARTS) is 1. The number of hydrogen-bond acceptors (Lipinski definition) is 7. The number of nitrogens with one attached hydrogen (secondary N) is 2. The van der Waals surface area contributed by atoms with Crippen molar-refractivity contribution in [1.82, 2.24) is 19.1 Å². The zero-order valence-corrected chi connectivity index (χ0v) is 22.6. The van der Waals surface area contributed by atoms with E-state index in [0.29, 0.717) is 38.1 Å². The molecule has 1 amide bonds. The number of fused-ring (bicyclic) bond motifs is 1. The Hall–Kier alpha value is -4.09. The summed E-state index contributed by atoms with van der Waals surface area (Å²) in [7, 11) is 0. The van der Waals surface area contributed by atoms with Crippen molar-refractivity contribution in [1.29, 1.82) is 0 Å². The first-order valence-corrected chi connectivity index (χ1v) is 13.5. The highest BCUT2D eigenvalue weighted by molar-refractivity contribution is 5.83. The maximum Gasteiger partial charge on any atom is 0.341 e. The second-order valence-corrected chi connectivity index (χ2v) is 9.55. The number of unbranched alkanes of at least 4 members (excludes halogenated alkanes) is 3. The molecule has 39 heavy (non-hydrogen) atoms. The van der Waals surface area contributed by atoms with Crippen molar-refractivity contribution in [3.8, 4) is 5.75 Å². The molecule has 0 fully saturated rings. The van der Waals surface area contributed by atoms with Crippen LogP contribution in [-0.4, -0.2) is 48.7 Å². The fraction of sp³-hybridized carbons (Fsp3) is 0.519. The minimum atomic E-state index is -1.01. The average molecular weight is 543 g/mol. The number of primary amides is 1. The summed E-state index contributed by atoms with van der Waals surface area (Å²) in [4.78, 5) is 55.9. The molecule has 0 aliphatic heterocycles. The van der Waals surface area contributed by atoms with Crippen LogP contribution in [0.5, 0.6) is 5.75 Å². The molecule has 0 aliphatic rings. The van der Waals surface area contributed by atoms with Crippen LogP contribution in [0, 0.1) is 0 Å². The number of aromatic amines is 1. The number of aliphatic carboxylic acids is 1. The molecule has 0 aliphatic carbocycles. The van der Waals surface area contributed by atoms with E-state index in [-0.39, 0.29) is 29.4 Å². The molecule has 212 valence electrons. The van der Waals surface area contributed by atoms with Crippen LogP contribution in [-0.2, 0) is 29.1 Å². The van der Waals surface area contributed by atoms with E-state index in [1.807, 2.05) is 26.0 Å². The van der Waals surface area contributed by atoms with E-state index >= 15 is 0 Å². The summed E-state index contributed by atoms with van der Waals surface area (Å²) in [6.45, 7) is 4.21. The average Bonchev–Trinajstić information content (AvgIpc) is 3.33. The van der Waals surface area contributed by atoms with Gasteiger partial charge in [0.2, 0.25) is 11.9 Å². The number of ether oxygens (including phenoxy) is 1. The van der Waals surface area contributed by atoms with E-state index in [1.54, 1.807) is 12.1 Å². The minimum absolute atomic E-state index is 0.226. The number of carbonyl (C=O) groups is 2. The number of benzene rings is 1. The number of carbonyl (C=O) groups excluding carboxylic acids is 1. The van der Waals surface area contributed by atoms with Crippen molar-refractivity contribution in [3.05, 3.63) is 50.7 Å². The normalized spacial score (nSPS) is 11.9. The lowest BCUT2D eigenvalue weighted by Crippen LogP contribution is -2.40. The number of rotatable bonds is 17. The number of nitrogens with zero attached hydrogens (tertiary/aromatic N) is 3. The van der Waals surface area contributed by atoms with Gasteiger partial charge in [-0.25, -0.2) is 9.59 Å². The summed E-state index contributed by atoms with van der Waals surface area (Å²) in [6, 6.07) is 6.71. The molecule has 0 bridgehead atoms. The Kier molecular flexibility index (Phi) is 10.7. The van der Waals surface area contributed by atoms with Crippen LogP contribution in [0.3, 0.4) is 0 Å². The molecule has 0 saturated heterocycles. The van der Waals surface area contributed by atoms with Crippen LogP contribution in [0.15, 0.2) is 33.9 Å². The SMILES string of the molecule is CCCn1c(=O)c2[nH]c(NC(CCCCCCc3ccc(OCC(=O)O)cc3)C(N)=O)nc2n(CCC)c1=O. The highest BCUT2D eigenvalue weighted by Crippen LogP contribution is 2.17. The van der Waals surface area contributed by atoms with E-state index in [9.17, 15) is 19.2 Å². The van der Waals surface area contributed by atoms with Gasteiger partial charge in [0.1, 0.15) is 11.8 Å². The molecule has 12 nitrogen and oxygen atoms in total. The number of aryl methyl sites for hydroxylation is 2. The van der Waals surface area contributed by atoms with E-state index in [0.717, 1.165) is 37.7 Å². The number of amides is 1. The van der Waals surface area contributed by atoms with Crippen molar-refractivity contribution in [3.63, 3.8) is 0 Å². The maximum absolute atomic E-state index is 12.9. The number of H-pyrrole nitrogens is 1. The molecule has 1 atom stereocenters. The molecule has 2 heterocycles. The molecular weight excluding hydrogens is 504 g/mol. The Balaban J connectivity index is 1.54. The maximum atomic E-state index is 12.9. The minimum Gasteiger partial charge on any atom is -0.482 e. The highest BCUT2D eigenvalue weighted by Gasteiger charge is 2.20. The lowest BCUT2D eigenvalue weighted by atomic mass is 10.0. The van der Waals surface area contributed by atoms with Gasteiger partial charge in [-0.05, 0) is 49.8 Å². The summed E-state index contributed by atoms with van der Waals surface area (Å²) in [5, 5.41) is 11.7. The second-order valence-electron chi connectivity index (χ2n) is 9.55. The summed E-state index contributed by atoms with van der Waals surface area (Å²) < 4.78 is 7.85. The summed E-state index contributed by atoms with van der Waals surface area (Å²) in [5.74, 6) is -0.772. The Morgan fingerprint density at radius 3 is 2.36 bits per heavy atom. The van der Waals surface area contributed by atoms with Crippen molar-refractivity contribution in [2.75, 3.05) is 11.9 Å². The quantitative estimate of drug-likeness (QED) is 0.188. The molecular formula is C27H38N6O6. The number of aromatic nitrogens is 4. The molecule has 0 saturated carbocycles. The van der Waals surface area contributed by atoms with Gasteiger partial charge in [-0.15, -0.1) is 0 Å². The van der Waals surface area contributed by atoms with Gasteiger partial charge in [0, 0.05) is 13.1 Å². The molecule has 0 spiro atoms. The fourth-order valence-electron chi connectivity index (χ4n) is 4.46. The number of nitrogens with two attached hydrogens (primary N) is 1.